The highest BCUT2D eigenvalue weighted by Crippen LogP contribution is 2.26. The zero-order valence-electron chi connectivity index (χ0n) is 13.6. The van der Waals surface area contributed by atoms with Crippen molar-refractivity contribution >= 4 is 11.6 Å². The van der Waals surface area contributed by atoms with Gasteiger partial charge in [0.25, 0.3) is 0 Å². The van der Waals surface area contributed by atoms with Gasteiger partial charge >= 0.3 is 0 Å². The first-order chi connectivity index (χ1) is 10.7. The molecule has 0 amide bonds. The monoisotopic (exact) mass is 306 g/mol. The van der Waals surface area contributed by atoms with Gasteiger partial charge in [-0.2, -0.15) is 0 Å². The lowest BCUT2D eigenvalue weighted by Crippen LogP contribution is -2.31. The number of anilines is 2. The first-order valence-electron chi connectivity index (χ1n) is 8.13. The number of hydrogen-bond acceptors (Lipinski definition) is 6. The lowest BCUT2D eigenvalue weighted by atomic mass is 10.1. The van der Waals surface area contributed by atoms with Gasteiger partial charge in [-0.3, -0.25) is 0 Å². The average Bonchev–Trinajstić information content (AvgIpc) is 3.21. The van der Waals surface area contributed by atoms with Crippen LogP contribution in [0.25, 0.3) is 0 Å². The smallest absolute Gasteiger partial charge is 0.171 e. The van der Waals surface area contributed by atoms with Crippen LogP contribution in [0, 0.1) is 11.8 Å². The molecule has 6 nitrogen and oxygen atoms in total. The Morgan fingerprint density at radius 2 is 1.36 bits per heavy atom. The van der Waals surface area contributed by atoms with Gasteiger partial charge in [0, 0.05) is 64.6 Å². The standard InChI is InChI=1S/C16H26N4O2/c1-19(9-13-3-7-21-11-13)15-16(18-6-5-17-15)20(2)10-14-4-8-22-12-14/h5-6,13-14H,3-4,7-12H2,1-2H3. The second-order valence-electron chi connectivity index (χ2n) is 6.42. The third kappa shape index (κ3) is 3.67. The normalized spacial score (nSPS) is 24.6. The summed E-state index contributed by atoms with van der Waals surface area (Å²) in [6.07, 6.45) is 5.81. The number of ether oxygens (including phenoxy) is 2. The number of nitrogens with zero attached hydrogens (tertiary/aromatic N) is 4. The molecular weight excluding hydrogens is 280 g/mol. The minimum absolute atomic E-state index is 0.591. The quantitative estimate of drug-likeness (QED) is 0.792. The van der Waals surface area contributed by atoms with Gasteiger partial charge in [-0.25, -0.2) is 9.97 Å². The van der Waals surface area contributed by atoms with Crippen LogP contribution in [-0.2, 0) is 9.47 Å². The maximum absolute atomic E-state index is 5.47. The fraction of sp³-hybridized carbons (Fsp3) is 0.750. The highest BCUT2D eigenvalue weighted by atomic mass is 16.5. The van der Waals surface area contributed by atoms with Crippen LogP contribution in [0.1, 0.15) is 12.8 Å². The Morgan fingerprint density at radius 3 is 1.73 bits per heavy atom. The van der Waals surface area contributed by atoms with E-state index in [0.717, 1.165) is 64.0 Å². The lowest BCUT2D eigenvalue weighted by Gasteiger charge is -2.28. The molecule has 2 atom stereocenters. The maximum atomic E-state index is 5.47. The number of aromatic nitrogens is 2. The van der Waals surface area contributed by atoms with Gasteiger partial charge in [-0.05, 0) is 12.8 Å². The largest absolute Gasteiger partial charge is 0.381 e. The van der Waals surface area contributed by atoms with E-state index in [0.29, 0.717) is 11.8 Å². The average molecular weight is 306 g/mol. The minimum atomic E-state index is 0.591. The molecule has 0 N–H and O–H groups in total. The summed E-state index contributed by atoms with van der Waals surface area (Å²) in [7, 11) is 4.19. The Morgan fingerprint density at radius 1 is 0.909 bits per heavy atom. The minimum Gasteiger partial charge on any atom is -0.381 e. The van der Waals surface area contributed by atoms with E-state index in [1.807, 2.05) is 0 Å². The van der Waals surface area contributed by atoms with Gasteiger partial charge in [0.15, 0.2) is 11.6 Å². The van der Waals surface area contributed by atoms with Gasteiger partial charge in [-0.15, -0.1) is 0 Å². The fourth-order valence-corrected chi connectivity index (χ4v) is 3.26. The van der Waals surface area contributed by atoms with E-state index in [1.54, 1.807) is 12.4 Å². The Balaban J connectivity index is 1.67. The van der Waals surface area contributed by atoms with Crippen molar-refractivity contribution in [1.29, 1.82) is 0 Å². The molecule has 0 radical (unpaired) electrons. The zero-order chi connectivity index (χ0) is 15.4. The van der Waals surface area contributed by atoms with E-state index >= 15 is 0 Å². The second kappa shape index (κ2) is 7.24. The lowest BCUT2D eigenvalue weighted by molar-refractivity contribution is 0.186. The molecule has 2 fully saturated rings. The van der Waals surface area contributed by atoms with Crippen LogP contribution in [0.2, 0.25) is 0 Å². The van der Waals surface area contributed by atoms with Crippen molar-refractivity contribution in [2.45, 2.75) is 12.8 Å². The van der Waals surface area contributed by atoms with Crippen molar-refractivity contribution in [2.24, 2.45) is 11.8 Å². The zero-order valence-corrected chi connectivity index (χ0v) is 13.6. The molecule has 2 aliphatic heterocycles. The van der Waals surface area contributed by atoms with Crippen molar-refractivity contribution < 1.29 is 9.47 Å². The predicted molar refractivity (Wildman–Crippen MR) is 86.4 cm³/mol. The maximum Gasteiger partial charge on any atom is 0.171 e. The van der Waals surface area contributed by atoms with E-state index in [4.69, 9.17) is 9.47 Å². The van der Waals surface area contributed by atoms with Crippen LogP contribution in [0.5, 0.6) is 0 Å². The Bertz CT molecular complexity index is 430. The van der Waals surface area contributed by atoms with Crippen molar-refractivity contribution in [3.63, 3.8) is 0 Å². The second-order valence-corrected chi connectivity index (χ2v) is 6.42. The van der Waals surface area contributed by atoms with Crippen molar-refractivity contribution in [3.8, 4) is 0 Å². The third-order valence-electron chi connectivity index (χ3n) is 4.50. The number of hydrogen-bond donors (Lipinski definition) is 0. The Kier molecular flexibility index (Phi) is 5.10. The van der Waals surface area contributed by atoms with Crippen LogP contribution in [0.15, 0.2) is 12.4 Å². The molecule has 3 rings (SSSR count). The molecule has 0 saturated carbocycles. The highest BCUT2D eigenvalue weighted by molar-refractivity contribution is 5.61. The summed E-state index contributed by atoms with van der Waals surface area (Å²) in [5.74, 6) is 3.09. The molecule has 0 spiro atoms. The van der Waals surface area contributed by atoms with Crippen molar-refractivity contribution in [3.05, 3.63) is 12.4 Å². The molecular formula is C16H26N4O2. The van der Waals surface area contributed by atoms with E-state index < -0.39 is 0 Å². The van der Waals surface area contributed by atoms with Crippen LogP contribution in [0.3, 0.4) is 0 Å². The van der Waals surface area contributed by atoms with Gasteiger partial charge < -0.3 is 19.3 Å². The molecule has 3 heterocycles. The summed E-state index contributed by atoms with van der Waals surface area (Å²) in [5.41, 5.74) is 0. The Hall–Kier alpha value is -1.40. The first-order valence-corrected chi connectivity index (χ1v) is 8.13. The fourth-order valence-electron chi connectivity index (χ4n) is 3.26. The summed E-state index contributed by atoms with van der Waals surface area (Å²) in [4.78, 5) is 13.6. The topological polar surface area (TPSA) is 50.7 Å². The summed E-state index contributed by atoms with van der Waals surface area (Å²) < 4.78 is 10.9. The van der Waals surface area contributed by atoms with Crippen LogP contribution in [-0.4, -0.2) is 63.6 Å². The van der Waals surface area contributed by atoms with Gasteiger partial charge in [0.1, 0.15) is 0 Å². The van der Waals surface area contributed by atoms with Crippen LogP contribution < -0.4 is 9.80 Å². The SMILES string of the molecule is CN(CC1CCOC1)c1nccnc1N(C)CC1CCOC1. The molecule has 2 saturated heterocycles. The molecule has 6 heteroatoms. The summed E-state index contributed by atoms with van der Waals surface area (Å²) in [5, 5.41) is 0. The Labute approximate surface area is 132 Å². The van der Waals surface area contributed by atoms with Gasteiger partial charge in [0.2, 0.25) is 0 Å². The van der Waals surface area contributed by atoms with E-state index in [2.05, 4.69) is 33.9 Å². The van der Waals surface area contributed by atoms with Crippen molar-refractivity contribution in [2.75, 3.05) is 63.4 Å². The van der Waals surface area contributed by atoms with E-state index in [9.17, 15) is 0 Å². The molecule has 1 aromatic heterocycles. The van der Waals surface area contributed by atoms with E-state index in [1.165, 1.54) is 0 Å². The molecule has 1 aromatic rings. The molecule has 0 bridgehead atoms. The third-order valence-corrected chi connectivity index (χ3v) is 4.50. The summed E-state index contributed by atoms with van der Waals surface area (Å²) in [6, 6.07) is 0. The number of rotatable bonds is 6. The van der Waals surface area contributed by atoms with Crippen LogP contribution >= 0.6 is 0 Å². The molecule has 2 unspecified atom stereocenters. The predicted octanol–water partition coefficient (Wildman–Crippen LogP) is 1.42. The first kappa shape index (κ1) is 15.5. The molecule has 2 aliphatic rings. The van der Waals surface area contributed by atoms with Gasteiger partial charge in [0.05, 0.1) is 13.2 Å². The molecule has 0 aromatic carbocycles. The summed E-state index contributed by atoms with van der Waals surface area (Å²) >= 11 is 0. The van der Waals surface area contributed by atoms with Crippen LogP contribution in [0.4, 0.5) is 11.6 Å². The summed E-state index contributed by atoms with van der Waals surface area (Å²) in [6.45, 7) is 5.41. The molecule has 22 heavy (non-hydrogen) atoms. The molecule has 122 valence electrons. The van der Waals surface area contributed by atoms with Crippen molar-refractivity contribution in [1.82, 2.24) is 9.97 Å². The molecule has 0 aliphatic carbocycles. The highest BCUT2D eigenvalue weighted by Gasteiger charge is 2.23. The van der Waals surface area contributed by atoms with Gasteiger partial charge in [-0.1, -0.05) is 0 Å². The van der Waals surface area contributed by atoms with E-state index in [-0.39, 0.29) is 0 Å².